The van der Waals surface area contributed by atoms with Gasteiger partial charge in [-0.25, -0.2) is 0 Å². The molecule has 0 unspecified atom stereocenters. The largest absolute Gasteiger partial charge is 0.497 e. The number of thioether (sulfide) groups is 1. The van der Waals surface area contributed by atoms with Crippen molar-refractivity contribution < 1.29 is 9.47 Å². The maximum Gasteiger partial charge on any atom is 0.191 e. The van der Waals surface area contributed by atoms with E-state index < -0.39 is 0 Å². The molecule has 2 aromatic rings. The molecular weight excluding hydrogens is 384 g/mol. The predicted octanol–water partition coefficient (Wildman–Crippen LogP) is 3.12. The summed E-state index contributed by atoms with van der Waals surface area (Å²) in [6.07, 6.45) is 0. The molecule has 3 rings (SSSR count). The van der Waals surface area contributed by atoms with Gasteiger partial charge in [0.1, 0.15) is 11.5 Å². The Morgan fingerprint density at radius 2 is 1.72 bits per heavy atom. The van der Waals surface area contributed by atoms with Crippen LogP contribution in [-0.4, -0.2) is 51.8 Å². The molecule has 1 fully saturated rings. The molecule has 0 radical (unpaired) electrons. The van der Waals surface area contributed by atoms with E-state index in [9.17, 15) is 0 Å². The Hall–Kier alpha value is -2.54. The van der Waals surface area contributed by atoms with Gasteiger partial charge in [0.05, 0.1) is 14.2 Å². The lowest BCUT2D eigenvalue weighted by Crippen LogP contribution is -2.36. The molecule has 0 saturated carbocycles. The Balaban J connectivity index is 1.51. The van der Waals surface area contributed by atoms with Crippen LogP contribution in [0.15, 0.2) is 47.5 Å². The Labute approximate surface area is 177 Å². The summed E-state index contributed by atoms with van der Waals surface area (Å²) in [5.41, 5.74) is 3.58. The highest BCUT2D eigenvalue weighted by Crippen LogP contribution is 2.24. The fraction of sp³-hybridized carbons (Fsp3) is 0.409. The molecule has 0 spiro atoms. The lowest BCUT2D eigenvalue weighted by Gasteiger charge is -2.28. The molecule has 0 bridgehead atoms. The smallest absolute Gasteiger partial charge is 0.191 e. The van der Waals surface area contributed by atoms with Gasteiger partial charge in [-0.2, -0.15) is 11.8 Å². The molecule has 1 aliphatic heterocycles. The van der Waals surface area contributed by atoms with Crippen molar-refractivity contribution in [2.45, 2.75) is 13.1 Å². The van der Waals surface area contributed by atoms with Crippen LogP contribution >= 0.6 is 11.8 Å². The van der Waals surface area contributed by atoms with Crippen molar-refractivity contribution in [3.8, 4) is 11.5 Å². The zero-order chi connectivity index (χ0) is 20.5. The highest BCUT2D eigenvalue weighted by Gasteiger charge is 2.11. The third-order valence-electron chi connectivity index (χ3n) is 4.94. The summed E-state index contributed by atoms with van der Waals surface area (Å²) in [6, 6.07) is 14.6. The van der Waals surface area contributed by atoms with Crippen LogP contribution in [0.1, 0.15) is 11.1 Å². The van der Waals surface area contributed by atoms with E-state index >= 15 is 0 Å². The van der Waals surface area contributed by atoms with Gasteiger partial charge >= 0.3 is 0 Å². The average Bonchev–Trinajstić information content (AvgIpc) is 2.80. The first kappa shape index (κ1) is 21.2. The highest BCUT2D eigenvalue weighted by atomic mass is 32.2. The van der Waals surface area contributed by atoms with E-state index in [1.54, 1.807) is 21.3 Å². The Morgan fingerprint density at radius 1 is 1.00 bits per heavy atom. The van der Waals surface area contributed by atoms with Crippen molar-refractivity contribution in [2.24, 2.45) is 4.99 Å². The van der Waals surface area contributed by atoms with E-state index in [4.69, 9.17) is 9.47 Å². The van der Waals surface area contributed by atoms with E-state index in [2.05, 4.69) is 44.8 Å². The molecular formula is C22H30N4O2S. The molecule has 2 aromatic carbocycles. The number of hydrogen-bond donors (Lipinski definition) is 2. The van der Waals surface area contributed by atoms with Crippen LogP contribution in [0.4, 0.5) is 5.69 Å². The van der Waals surface area contributed by atoms with E-state index in [0.717, 1.165) is 42.7 Å². The topological polar surface area (TPSA) is 58.1 Å². The second-order valence-corrected chi connectivity index (χ2v) is 7.95. The van der Waals surface area contributed by atoms with Gasteiger partial charge in [0.15, 0.2) is 5.96 Å². The highest BCUT2D eigenvalue weighted by molar-refractivity contribution is 7.99. The first-order valence-electron chi connectivity index (χ1n) is 9.80. The first-order valence-corrected chi connectivity index (χ1v) is 11.0. The van der Waals surface area contributed by atoms with Crippen LogP contribution in [0.25, 0.3) is 0 Å². The molecule has 1 heterocycles. The second kappa shape index (κ2) is 10.9. The SMILES string of the molecule is CN=C(NCc1ccc(N2CCSCC2)cc1)NCc1ccc(OC)cc1OC. The number of hydrogen-bond acceptors (Lipinski definition) is 5. The van der Waals surface area contributed by atoms with Crippen LogP contribution in [-0.2, 0) is 13.1 Å². The molecule has 1 saturated heterocycles. The van der Waals surface area contributed by atoms with Gasteiger partial charge in [-0.15, -0.1) is 0 Å². The lowest BCUT2D eigenvalue weighted by molar-refractivity contribution is 0.390. The molecule has 156 valence electrons. The van der Waals surface area contributed by atoms with Crippen LogP contribution in [0.5, 0.6) is 11.5 Å². The van der Waals surface area contributed by atoms with Crippen molar-refractivity contribution in [2.75, 3.05) is 50.8 Å². The van der Waals surface area contributed by atoms with Crippen molar-refractivity contribution in [1.29, 1.82) is 0 Å². The van der Waals surface area contributed by atoms with Crippen molar-refractivity contribution in [3.63, 3.8) is 0 Å². The molecule has 0 aromatic heterocycles. The van der Waals surface area contributed by atoms with Gasteiger partial charge < -0.3 is 25.0 Å². The summed E-state index contributed by atoms with van der Waals surface area (Å²) < 4.78 is 10.7. The van der Waals surface area contributed by atoms with Gasteiger partial charge in [-0.05, 0) is 29.8 Å². The second-order valence-electron chi connectivity index (χ2n) is 6.72. The number of guanidine groups is 1. The van der Waals surface area contributed by atoms with Crippen LogP contribution < -0.4 is 25.0 Å². The maximum atomic E-state index is 5.46. The van der Waals surface area contributed by atoms with E-state index in [0.29, 0.717) is 6.54 Å². The minimum absolute atomic E-state index is 0.610. The minimum Gasteiger partial charge on any atom is -0.497 e. The summed E-state index contributed by atoms with van der Waals surface area (Å²) in [6.45, 7) is 3.59. The molecule has 7 heteroatoms. The Morgan fingerprint density at radius 3 is 2.38 bits per heavy atom. The van der Waals surface area contributed by atoms with Crippen LogP contribution in [0.3, 0.4) is 0 Å². The normalized spacial score (nSPS) is 14.4. The van der Waals surface area contributed by atoms with E-state index in [1.807, 2.05) is 30.0 Å². The number of anilines is 1. The standard InChI is InChI=1S/C22H30N4O2S/c1-23-22(25-16-18-6-9-20(27-2)14-21(18)28-3)24-15-17-4-7-19(8-5-17)26-10-12-29-13-11-26/h4-9,14H,10-13,15-16H2,1-3H3,(H2,23,24,25). The zero-order valence-corrected chi connectivity index (χ0v) is 18.2. The number of aliphatic imine (C=N–C) groups is 1. The number of ether oxygens (including phenoxy) is 2. The third kappa shape index (κ3) is 5.97. The number of benzene rings is 2. The summed E-state index contributed by atoms with van der Waals surface area (Å²) in [4.78, 5) is 6.77. The number of nitrogens with zero attached hydrogens (tertiary/aromatic N) is 2. The van der Waals surface area contributed by atoms with Crippen molar-refractivity contribution in [1.82, 2.24) is 10.6 Å². The van der Waals surface area contributed by atoms with Gasteiger partial charge in [-0.1, -0.05) is 12.1 Å². The molecule has 0 amide bonds. The lowest BCUT2D eigenvalue weighted by atomic mass is 10.2. The molecule has 1 aliphatic rings. The molecule has 2 N–H and O–H groups in total. The number of rotatable bonds is 7. The average molecular weight is 415 g/mol. The molecule has 0 atom stereocenters. The molecule has 6 nitrogen and oxygen atoms in total. The minimum atomic E-state index is 0.610. The quantitative estimate of drug-likeness (QED) is 0.536. The molecule has 29 heavy (non-hydrogen) atoms. The van der Waals surface area contributed by atoms with E-state index in [-0.39, 0.29) is 0 Å². The summed E-state index contributed by atoms with van der Waals surface area (Å²) >= 11 is 2.03. The number of nitrogens with one attached hydrogen (secondary N) is 2. The van der Waals surface area contributed by atoms with Gasteiger partial charge in [-0.3, -0.25) is 4.99 Å². The summed E-state index contributed by atoms with van der Waals surface area (Å²) in [7, 11) is 5.09. The fourth-order valence-corrected chi connectivity index (χ4v) is 4.13. The van der Waals surface area contributed by atoms with Gasteiger partial charge in [0, 0.05) is 62.0 Å². The van der Waals surface area contributed by atoms with Crippen molar-refractivity contribution >= 4 is 23.4 Å². The van der Waals surface area contributed by atoms with E-state index in [1.165, 1.54) is 22.8 Å². The zero-order valence-electron chi connectivity index (χ0n) is 17.4. The van der Waals surface area contributed by atoms with Gasteiger partial charge in [0.2, 0.25) is 0 Å². The van der Waals surface area contributed by atoms with Crippen molar-refractivity contribution in [3.05, 3.63) is 53.6 Å². The summed E-state index contributed by atoms with van der Waals surface area (Å²) in [5, 5.41) is 6.71. The Bertz CT molecular complexity index is 805. The Kier molecular flexibility index (Phi) is 7.93. The monoisotopic (exact) mass is 414 g/mol. The first-order chi connectivity index (χ1) is 14.2. The number of methoxy groups -OCH3 is 2. The van der Waals surface area contributed by atoms with Gasteiger partial charge in [0.25, 0.3) is 0 Å². The molecule has 0 aliphatic carbocycles. The summed E-state index contributed by atoms with van der Waals surface area (Å²) in [5.74, 6) is 4.74. The maximum absolute atomic E-state index is 5.46. The van der Waals surface area contributed by atoms with Crippen LogP contribution in [0, 0.1) is 0 Å². The van der Waals surface area contributed by atoms with Crippen LogP contribution in [0.2, 0.25) is 0 Å². The third-order valence-corrected chi connectivity index (χ3v) is 5.88. The predicted molar refractivity (Wildman–Crippen MR) is 123 cm³/mol. The fourth-order valence-electron chi connectivity index (χ4n) is 3.23.